The minimum absolute atomic E-state index is 0.317. The minimum atomic E-state index is 0.317. The first kappa shape index (κ1) is 13.6. The van der Waals surface area contributed by atoms with E-state index in [1.165, 1.54) is 0 Å². The van der Waals surface area contributed by atoms with Crippen LogP contribution in [0.1, 0.15) is 31.3 Å². The quantitative estimate of drug-likeness (QED) is 0.783. The first-order valence-electron chi connectivity index (χ1n) is 5.81. The highest BCUT2D eigenvalue weighted by molar-refractivity contribution is 9.08. The second-order valence-corrected chi connectivity index (χ2v) is 5.49. The van der Waals surface area contributed by atoms with Crippen LogP contribution in [0, 0.1) is 6.92 Å². The maximum absolute atomic E-state index is 5.99. The molecule has 0 aliphatic carbocycles. The second kappa shape index (κ2) is 5.41. The molecule has 96 valence electrons. The molecule has 0 amide bonds. The molecule has 0 radical (unpaired) electrons. The third kappa shape index (κ3) is 2.45. The average molecular weight is 329 g/mol. The van der Waals surface area contributed by atoms with Crippen LogP contribution in [0.3, 0.4) is 0 Å². The molecule has 0 saturated heterocycles. The third-order valence-corrected chi connectivity index (χ3v) is 3.57. The van der Waals surface area contributed by atoms with Crippen LogP contribution in [0.5, 0.6) is 0 Å². The van der Waals surface area contributed by atoms with Gasteiger partial charge in [-0.05, 0) is 44.5 Å². The number of halogens is 2. The topological polar surface area (TPSA) is 30.7 Å². The van der Waals surface area contributed by atoms with Gasteiger partial charge in [0.25, 0.3) is 0 Å². The Bertz CT molecular complexity index is 563. The molecule has 0 aliphatic rings. The number of nitrogens with zero attached hydrogens (tertiary/aromatic N) is 3. The van der Waals surface area contributed by atoms with E-state index in [2.05, 4.69) is 44.5 Å². The summed E-state index contributed by atoms with van der Waals surface area (Å²) in [6.07, 6.45) is 0. The van der Waals surface area contributed by atoms with E-state index >= 15 is 0 Å². The Kier molecular flexibility index (Phi) is 4.07. The summed E-state index contributed by atoms with van der Waals surface area (Å²) >= 11 is 9.44. The van der Waals surface area contributed by atoms with Crippen molar-refractivity contribution in [1.82, 2.24) is 14.8 Å². The molecule has 1 heterocycles. The lowest BCUT2D eigenvalue weighted by molar-refractivity contribution is 0.586. The number of aryl methyl sites for hydroxylation is 1. The van der Waals surface area contributed by atoms with E-state index in [0.717, 1.165) is 27.8 Å². The Morgan fingerprint density at radius 3 is 2.61 bits per heavy atom. The van der Waals surface area contributed by atoms with E-state index in [1.807, 2.05) is 25.1 Å². The highest BCUT2D eigenvalue weighted by Crippen LogP contribution is 2.27. The SMILES string of the molecule is Cc1cc(Cl)ccc1-c1nnc(CBr)n1C(C)C. The van der Waals surface area contributed by atoms with E-state index in [0.29, 0.717) is 11.4 Å². The Morgan fingerprint density at radius 2 is 2.06 bits per heavy atom. The van der Waals surface area contributed by atoms with Crippen molar-refractivity contribution in [3.63, 3.8) is 0 Å². The predicted octanol–water partition coefficient (Wildman–Crippen LogP) is 4.38. The van der Waals surface area contributed by atoms with Gasteiger partial charge in [-0.15, -0.1) is 10.2 Å². The number of aromatic nitrogens is 3. The molecule has 0 spiro atoms. The summed E-state index contributed by atoms with van der Waals surface area (Å²) < 4.78 is 2.14. The van der Waals surface area contributed by atoms with Gasteiger partial charge in [-0.1, -0.05) is 27.5 Å². The summed E-state index contributed by atoms with van der Waals surface area (Å²) in [5, 5.41) is 9.98. The zero-order chi connectivity index (χ0) is 13.3. The summed E-state index contributed by atoms with van der Waals surface area (Å²) in [4.78, 5) is 0. The van der Waals surface area contributed by atoms with Crippen LogP contribution in [0.2, 0.25) is 5.02 Å². The predicted molar refractivity (Wildman–Crippen MR) is 78.2 cm³/mol. The van der Waals surface area contributed by atoms with E-state index < -0.39 is 0 Å². The van der Waals surface area contributed by atoms with Crippen LogP contribution >= 0.6 is 27.5 Å². The lowest BCUT2D eigenvalue weighted by Crippen LogP contribution is -2.07. The van der Waals surface area contributed by atoms with Gasteiger partial charge >= 0.3 is 0 Å². The van der Waals surface area contributed by atoms with Gasteiger partial charge in [0.2, 0.25) is 0 Å². The molecular formula is C13H15BrClN3. The minimum Gasteiger partial charge on any atom is -0.308 e. The Hall–Kier alpha value is -0.870. The number of hydrogen-bond donors (Lipinski definition) is 0. The zero-order valence-electron chi connectivity index (χ0n) is 10.6. The normalized spacial score (nSPS) is 11.2. The Labute approximate surface area is 120 Å². The van der Waals surface area contributed by atoms with Gasteiger partial charge in [0.15, 0.2) is 5.82 Å². The molecule has 0 N–H and O–H groups in total. The lowest BCUT2D eigenvalue weighted by atomic mass is 10.1. The monoisotopic (exact) mass is 327 g/mol. The fraction of sp³-hybridized carbons (Fsp3) is 0.385. The standard InChI is InChI=1S/C13H15BrClN3/c1-8(2)18-12(7-14)16-17-13(18)11-5-4-10(15)6-9(11)3/h4-6,8H,7H2,1-3H3. The van der Waals surface area contributed by atoms with Crippen LogP contribution in [0.15, 0.2) is 18.2 Å². The van der Waals surface area contributed by atoms with E-state index in [1.54, 1.807) is 0 Å². The van der Waals surface area contributed by atoms with Gasteiger partial charge in [-0.25, -0.2) is 0 Å². The van der Waals surface area contributed by atoms with Gasteiger partial charge in [-0.3, -0.25) is 0 Å². The van der Waals surface area contributed by atoms with Crippen LogP contribution in [-0.2, 0) is 5.33 Å². The summed E-state index contributed by atoms with van der Waals surface area (Å²) in [5.41, 5.74) is 2.19. The number of alkyl halides is 1. The summed E-state index contributed by atoms with van der Waals surface area (Å²) in [7, 11) is 0. The van der Waals surface area contributed by atoms with Gasteiger partial charge in [0, 0.05) is 16.6 Å². The molecule has 0 fully saturated rings. The number of hydrogen-bond acceptors (Lipinski definition) is 2. The molecule has 2 rings (SSSR count). The Morgan fingerprint density at radius 1 is 1.33 bits per heavy atom. The lowest BCUT2D eigenvalue weighted by Gasteiger charge is -2.14. The number of rotatable bonds is 3. The maximum Gasteiger partial charge on any atom is 0.164 e. The van der Waals surface area contributed by atoms with Crippen molar-refractivity contribution >= 4 is 27.5 Å². The van der Waals surface area contributed by atoms with Crippen LogP contribution in [0.25, 0.3) is 11.4 Å². The van der Waals surface area contributed by atoms with E-state index in [9.17, 15) is 0 Å². The zero-order valence-corrected chi connectivity index (χ0v) is 13.0. The molecule has 1 aromatic heterocycles. The fourth-order valence-corrected chi connectivity index (χ4v) is 2.63. The summed E-state index contributed by atoms with van der Waals surface area (Å²) in [6.45, 7) is 6.29. The first-order valence-corrected chi connectivity index (χ1v) is 7.30. The molecule has 1 aromatic carbocycles. The summed E-state index contributed by atoms with van der Waals surface area (Å²) in [6, 6.07) is 6.15. The van der Waals surface area contributed by atoms with Crippen molar-refractivity contribution in [2.24, 2.45) is 0 Å². The molecule has 0 saturated carbocycles. The van der Waals surface area contributed by atoms with Crippen molar-refractivity contribution in [2.45, 2.75) is 32.1 Å². The highest BCUT2D eigenvalue weighted by atomic mass is 79.9. The molecule has 3 nitrogen and oxygen atoms in total. The second-order valence-electron chi connectivity index (χ2n) is 4.50. The van der Waals surface area contributed by atoms with Crippen LogP contribution in [0.4, 0.5) is 0 Å². The van der Waals surface area contributed by atoms with Crippen molar-refractivity contribution in [2.75, 3.05) is 0 Å². The van der Waals surface area contributed by atoms with Crippen molar-refractivity contribution in [3.05, 3.63) is 34.6 Å². The summed E-state index contributed by atoms with van der Waals surface area (Å²) in [5.74, 6) is 1.84. The fourth-order valence-electron chi connectivity index (χ4n) is 2.02. The molecule has 18 heavy (non-hydrogen) atoms. The molecule has 5 heteroatoms. The first-order chi connectivity index (χ1) is 8.54. The maximum atomic E-state index is 5.99. The van der Waals surface area contributed by atoms with Gasteiger partial charge in [0.1, 0.15) is 5.82 Å². The van der Waals surface area contributed by atoms with Crippen molar-refractivity contribution in [1.29, 1.82) is 0 Å². The molecule has 2 aromatic rings. The van der Waals surface area contributed by atoms with Gasteiger partial charge in [-0.2, -0.15) is 0 Å². The largest absolute Gasteiger partial charge is 0.308 e. The average Bonchev–Trinajstić information content (AvgIpc) is 2.72. The van der Waals surface area contributed by atoms with Gasteiger partial charge in [0.05, 0.1) is 5.33 Å². The Balaban J connectivity index is 2.60. The molecule has 0 unspecified atom stereocenters. The van der Waals surface area contributed by atoms with E-state index in [4.69, 9.17) is 11.6 Å². The highest BCUT2D eigenvalue weighted by Gasteiger charge is 2.16. The molecule has 0 bridgehead atoms. The molecule has 0 atom stereocenters. The smallest absolute Gasteiger partial charge is 0.164 e. The van der Waals surface area contributed by atoms with E-state index in [-0.39, 0.29) is 0 Å². The van der Waals surface area contributed by atoms with Crippen molar-refractivity contribution < 1.29 is 0 Å². The molecule has 0 aliphatic heterocycles. The van der Waals surface area contributed by atoms with Crippen LogP contribution < -0.4 is 0 Å². The number of benzene rings is 1. The molecular weight excluding hydrogens is 314 g/mol. The van der Waals surface area contributed by atoms with Gasteiger partial charge < -0.3 is 4.57 Å². The van der Waals surface area contributed by atoms with Crippen LogP contribution in [-0.4, -0.2) is 14.8 Å². The van der Waals surface area contributed by atoms with Crippen molar-refractivity contribution in [3.8, 4) is 11.4 Å². The third-order valence-electron chi connectivity index (χ3n) is 2.83.